The van der Waals surface area contributed by atoms with Gasteiger partial charge >= 0.3 is 5.69 Å². The highest BCUT2D eigenvalue weighted by atomic mass is 19.2. The smallest absolute Gasteiger partial charge is 0.332 e. The zero-order valence-corrected chi connectivity index (χ0v) is 20.3. The minimum Gasteiger partial charge on any atom is -0.384 e. The molecule has 0 atom stereocenters. The first-order chi connectivity index (χ1) is 17.3. The third-order valence-corrected chi connectivity index (χ3v) is 6.07. The van der Waals surface area contributed by atoms with Gasteiger partial charge < -0.3 is 10.2 Å². The number of benzene rings is 2. The third-order valence-electron chi connectivity index (χ3n) is 6.07. The first-order valence-electron chi connectivity index (χ1n) is 11.7. The van der Waals surface area contributed by atoms with Gasteiger partial charge in [0.2, 0.25) is 0 Å². The van der Waals surface area contributed by atoms with Gasteiger partial charge in [-0.05, 0) is 55.1 Å². The monoisotopic (exact) mass is 495 g/mol. The standard InChI is InChI=1S/C25H27F2N7O2/c1-4-33(5-2)13-12-28-18-9-7-17(8-10-18)22-29-21-23(31-30-22)34(25(36)32(3)24(21)35)15-16-6-11-19(26)20(27)14-16/h6-11,14,28H,4-5,12-13,15H2,1-3H3. The zero-order valence-electron chi connectivity index (χ0n) is 20.3. The van der Waals surface area contributed by atoms with Crippen LogP contribution in [0.25, 0.3) is 22.6 Å². The molecule has 0 aliphatic heterocycles. The predicted molar refractivity (Wildman–Crippen MR) is 134 cm³/mol. The van der Waals surface area contributed by atoms with E-state index < -0.39 is 22.9 Å². The van der Waals surface area contributed by atoms with Crippen molar-refractivity contribution in [1.82, 2.24) is 29.2 Å². The lowest BCUT2D eigenvalue weighted by Gasteiger charge is -2.18. The Morgan fingerprint density at radius 3 is 2.36 bits per heavy atom. The topological polar surface area (TPSA) is 97.9 Å². The second-order valence-electron chi connectivity index (χ2n) is 8.32. The molecule has 2 heterocycles. The Morgan fingerprint density at radius 2 is 1.69 bits per heavy atom. The van der Waals surface area contributed by atoms with Crippen molar-refractivity contribution in [2.24, 2.45) is 7.05 Å². The molecular weight excluding hydrogens is 468 g/mol. The number of nitrogens with zero attached hydrogens (tertiary/aromatic N) is 6. The van der Waals surface area contributed by atoms with Crippen LogP contribution in [0.3, 0.4) is 0 Å². The Bertz CT molecular complexity index is 1500. The van der Waals surface area contributed by atoms with Gasteiger partial charge in [0.25, 0.3) is 5.56 Å². The number of halogens is 2. The van der Waals surface area contributed by atoms with Gasteiger partial charge in [-0.3, -0.25) is 13.9 Å². The van der Waals surface area contributed by atoms with E-state index in [-0.39, 0.29) is 23.5 Å². The molecule has 36 heavy (non-hydrogen) atoms. The second kappa shape index (κ2) is 10.7. The van der Waals surface area contributed by atoms with E-state index >= 15 is 0 Å². The fourth-order valence-corrected chi connectivity index (χ4v) is 3.88. The average molecular weight is 496 g/mol. The first-order valence-corrected chi connectivity index (χ1v) is 11.7. The van der Waals surface area contributed by atoms with Gasteiger partial charge in [0.1, 0.15) is 0 Å². The zero-order chi connectivity index (χ0) is 25.8. The third kappa shape index (κ3) is 5.15. The normalized spacial score (nSPS) is 11.4. The molecule has 0 bridgehead atoms. The first kappa shape index (κ1) is 25.1. The number of aromatic nitrogens is 5. The molecule has 0 fully saturated rings. The van der Waals surface area contributed by atoms with Gasteiger partial charge in [-0.25, -0.2) is 18.6 Å². The number of fused-ring (bicyclic) bond motifs is 1. The maximum absolute atomic E-state index is 13.7. The van der Waals surface area contributed by atoms with Crippen molar-refractivity contribution >= 4 is 16.9 Å². The second-order valence-corrected chi connectivity index (χ2v) is 8.32. The molecule has 1 N–H and O–H groups in total. The number of anilines is 1. The molecular formula is C25H27F2N7O2. The number of hydrogen-bond donors (Lipinski definition) is 1. The van der Waals surface area contributed by atoms with Crippen LogP contribution in [0.1, 0.15) is 19.4 Å². The van der Waals surface area contributed by atoms with E-state index in [2.05, 4.69) is 39.2 Å². The van der Waals surface area contributed by atoms with E-state index in [9.17, 15) is 18.4 Å². The molecule has 0 saturated heterocycles. The summed E-state index contributed by atoms with van der Waals surface area (Å²) in [6, 6.07) is 10.8. The van der Waals surface area contributed by atoms with Crippen LogP contribution in [0.5, 0.6) is 0 Å². The van der Waals surface area contributed by atoms with Crippen LogP contribution < -0.4 is 16.6 Å². The van der Waals surface area contributed by atoms with Crippen molar-refractivity contribution in [3.8, 4) is 11.4 Å². The van der Waals surface area contributed by atoms with Crippen molar-refractivity contribution in [3.05, 3.63) is 80.5 Å². The van der Waals surface area contributed by atoms with Crippen LogP contribution in [0.15, 0.2) is 52.1 Å². The Morgan fingerprint density at radius 1 is 0.972 bits per heavy atom. The van der Waals surface area contributed by atoms with E-state index in [1.54, 1.807) is 0 Å². The van der Waals surface area contributed by atoms with Crippen molar-refractivity contribution in [1.29, 1.82) is 0 Å². The van der Waals surface area contributed by atoms with Crippen molar-refractivity contribution in [2.45, 2.75) is 20.4 Å². The minimum absolute atomic E-state index is 0.0359. The number of rotatable bonds is 9. The molecule has 0 spiro atoms. The molecule has 0 saturated carbocycles. The maximum Gasteiger partial charge on any atom is 0.332 e. The van der Waals surface area contributed by atoms with Crippen LogP contribution in [-0.4, -0.2) is 55.4 Å². The van der Waals surface area contributed by atoms with Gasteiger partial charge in [0, 0.05) is 31.4 Å². The summed E-state index contributed by atoms with van der Waals surface area (Å²) in [4.78, 5) is 32.3. The average Bonchev–Trinajstić information content (AvgIpc) is 2.90. The quantitative estimate of drug-likeness (QED) is 0.381. The molecule has 188 valence electrons. The van der Waals surface area contributed by atoms with Crippen LogP contribution in [-0.2, 0) is 13.6 Å². The summed E-state index contributed by atoms with van der Waals surface area (Å²) in [5, 5.41) is 11.6. The minimum atomic E-state index is -1.04. The van der Waals surface area contributed by atoms with Gasteiger partial charge in [-0.1, -0.05) is 19.9 Å². The van der Waals surface area contributed by atoms with Crippen LogP contribution in [0.2, 0.25) is 0 Å². The highest BCUT2D eigenvalue weighted by Crippen LogP contribution is 2.19. The van der Waals surface area contributed by atoms with E-state index in [4.69, 9.17) is 0 Å². The molecule has 11 heteroatoms. The summed E-state index contributed by atoms with van der Waals surface area (Å²) in [5.41, 5.74) is 0.543. The SMILES string of the molecule is CCN(CC)CCNc1ccc(-c2nnc3c(n2)c(=O)n(C)c(=O)n3Cc2ccc(F)c(F)c2)cc1. The Kier molecular flexibility index (Phi) is 7.49. The molecule has 0 aliphatic carbocycles. The van der Waals surface area contributed by atoms with Crippen LogP contribution in [0, 0.1) is 11.6 Å². The van der Waals surface area contributed by atoms with Gasteiger partial charge in [-0.15, -0.1) is 10.2 Å². The molecule has 2 aromatic heterocycles. The van der Waals surface area contributed by atoms with Crippen LogP contribution in [0.4, 0.5) is 14.5 Å². The van der Waals surface area contributed by atoms with Crippen molar-refractivity contribution in [2.75, 3.05) is 31.5 Å². The lowest BCUT2D eigenvalue weighted by atomic mass is 10.2. The molecule has 0 unspecified atom stereocenters. The van der Waals surface area contributed by atoms with E-state index in [1.165, 1.54) is 13.1 Å². The fourth-order valence-electron chi connectivity index (χ4n) is 3.88. The fraction of sp³-hybridized carbons (Fsp3) is 0.320. The highest BCUT2D eigenvalue weighted by Gasteiger charge is 2.17. The molecule has 0 amide bonds. The lowest BCUT2D eigenvalue weighted by molar-refractivity contribution is 0.316. The Hall–Kier alpha value is -3.99. The molecule has 9 nitrogen and oxygen atoms in total. The molecule has 4 aromatic rings. The molecule has 0 aliphatic rings. The number of likely N-dealkylation sites (N-methyl/N-ethyl adjacent to an activating group) is 1. The van der Waals surface area contributed by atoms with Crippen molar-refractivity contribution < 1.29 is 8.78 Å². The van der Waals surface area contributed by atoms with E-state index in [1.807, 2.05) is 24.3 Å². The predicted octanol–water partition coefficient (Wildman–Crippen LogP) is 2.63. The molecule has 4 rings (SSSR count). The summed E-state index contributed by atoms with van der Waals surface area (Å²) < 4.78 is 29.1. The summed E-state index contributed by atoms with van der Waals surface area (Å²) in [6.45, 7) is 7.86. The van der Waals surface area contributed by atoms with Crippen LogP contribution >= 0.6 is 0 Å². The van der Waals surface area contributed by atoms with E-state index in [0.29, 0.717) is 11.1 Å². The lowest BCUT2D eigenvalue weighted by Crippen LogP contribution is -2.39. The largest absolute Gasteiger partial charge is 0.384 e. The summed E-state index contributed by atoms with van der Waals surface area (Å²) in [6.07, 6.45) is 0. The molecule has 2 aromatic carbocycles. The summed E-state index contributed by atoms with van der Waals surface area (Å²) >= 11 is 0. The maximum atomic E-state index is 13.7. The molecule has 0 radical (unpaired) electrons. The van der Waals surface area contributed by atoms with Gasteiger partial charge in [0.05, 0.1) is 6.54 Å². The number of nitrogens with one attached hydrogen (secondary N) is 1. The summed E-state index contributed by atoms with van der Waals surface area (Å²) in [5.74, 6) is -1.80. The Balaban J connectivity index is 1.63. The van der Waals surface area contributed by atoms with Gasteiger partial charge in [0.15, 0.2) is 28.6 Å². The Labute approximate surface area is 206 Å². The number of hydrogen-bond acceptors (Lipinski definition) is 7. The highest BCUT2D eigenvalue weighted by molar-refractivity contribution is 5.71. The van der Waals surface area contributed by atoms with E-state index in [0.717, 1.165) is 53.1 Å². The van der Waals surface area contributed by atoms with Gasteiger partial charge in [-0.2, -0.15) is 0 Å². The van der Waals surface area contributed by atoms with Crippen molar-refractivity contribution in [3.63, 3.8) is 0 Å². The summed E-state index contributed by atoms with van der Waals surface area (Å²) in [7, 11) is 1.33.